The van der Waals surface area contributed by atoms with E-state index in [0.29, 0.717) is 17.1 Å². The number of esters is 1. The molecule has 0 saturated carbocycles. The van der Waals surface area contributed by atoms with Crippen LogP contribution in [0.2, 0.25) is 0 Å². The molecular formula is C21H17BrO4. The van der Waals surface area contributed by atoms with Crippen LogP contribution in [0.15, 0.2) is 59.1 Å². The normalized spacial score (nSPS) is 15.6. The van der Waals surface area contributed by atoms with Crippen molar-refractivity contribution in [3.05, 3.63) is 75.8 Å². The van der Waals surface area contributed by atoms with Crippen LogP contribution >= 0.6 is 15.9 Å². The number of methoxy groups -OCH3 is 1. The van der Waals surface area contributed by atoms with Crippen molar-refractivity contribution in [2.75, 3.05) is 13.9 Å². The van der Waals surface area contributed by atoms with Gasteiger partial charge in [-0.3, -0.25) is 0 Å². The third kappa shape index (κ3) is 2.72. The molecule has 1 heterocycles. The zero-order chi connectivity index (χ0) is 18.3. The molecule has 0 aromatic heterocycles. The Labute approximate surface area is 160 Å². The Hall–Kier alpha value is -2.53. The molecule has 0 radical (unpaired) electrons. The van der Waals surface area contributed by atoms with Gasteiger partial charge in [0.15, 0.2) is 11.5 Å². The number of hydrogen-bond acceptors (Lipinski definition) is 4. The number of carbonyl (C=O) groups excluding carboxylic acids is 1. The number of fused-ring (bicyclic) bond motifs is 2. The minimum atomic E-state index is -0.426. The van der Waals surface area contributed by atoms with E-state index in [9.17, 15) is 4.79 Å². The van der Waals surface area contributed by atoms with Gasteiger partial charge in [-0.15, -0.1) is 0 Å². The van der Waals surface area contributed by atoms with E-state index in [4.69, 9.17) is 14.2 Å². The molecule has 4 rings (SSSR count). The van der Waals surface area contributed by atoms with Crippen LogP contribution in [0.4, 0.5) is 0 Å². The van der Waals surface area contributed by atoms with Gasteiger partial charge in [0.2, 0.25) is 6.79 Å². The second-order valence-electron chi connectivity index (χ2n) is 6.22. The minimum absolute atomic E-state index is 0.205. The van der Waals surface area contributed by atoms with Gasteiger partial charge in [0.1, 0.15) is 0 Å². The Morgan fingerprint density at radius 3 is 2.77 bits per heavy atom. The molecule has 0 amide bonds. The third-order valence-electron chi connectivity index (χ3n) is 4.76. The molecule has 0 bridgehead atoms. The van der Waals surface area contributed by atoms with Gasteiger partial charge in [0.05, 0.1) is 7.11 Å². The third-order valence-corrected chi connectivity index (χ3v) is 5.47. The van der Waals surface area contributed by atoms with E-state index in [-0.39, 0.29) is 12.7 Å². The molecule has 0 unspecified atom stereocenters. The second-order valence-corrected chi connectivity index (χ2v) is 7.17. The minimum Gasteiger partial charge on any atom is -0.466 e. The first-order chi connectivity index (χ1) is 12.6. The lowest BCUT2D eigenvalue weighted by Crippen LogP contribution is -2.14. The number of benzene rings is 2. The SMILES string of the molecule is C=C(C(=O)OC)[C@H](C1=C(Br)Cc2ccccc21)c1ccc2c(c1)OCO2. The molecular weight excluding hydrogens is 396 g/mol. The van der Waals surface area contributed by atoms with Crippen LogP contribution in [-0.4, -0.2) is 19.9 Å². The number of halogens is 1. The summed E-state index contributed by atoms with van der Waals surface area (Å²) in [5.74, 6) is 0.615. The highest BCUT2D eigenvalue weighted by atomic mass is 79.9. The Kier molecular flexibility index (Phi) is 4.32. The van der Waals surface area contributed by atoms with Crippen molar-refractivity contribution in [2.45, 2.75) is 12.3 Å². The van der Waals surface area contributed by atoms with Gasteiger partial charge in [-0.25, -0.2) is 4.79 Å². The Morgan fingerprint density at radius 1 is 1.19 bits per heavy atom. The van der Waals surface area contributed by atoms with E-state index in [2.05, 4.69) is 34.6 Å². The van der Waals surface area contributed by atoms with E-state index in [1.54, 1.807) is 0 Å². The highest BCUT2D eigenvalue weighted by Gasteiger charge is 2.33. The summed E-state index contributed by atoms with van der Waals surface area (Å²) >= 11 is 3.72. The maximum absolute atomic E-state index is 12.3. The number of hydrogen-bond donors (Lipinski definition) is 0. The Morgan fingerprint density at radius 2 is 1.96 bits per heavy atom. The lowest BCUT2D eigenvalue weighted by atomic mass is 9.82. The van der Waals surface area contributed by atoms with Crippen molar-refractivity contribution in [3.8, 4) is 11.5 Å². The summed E-state index contributed by atoms with van der Waals surface area (Å²) in [6, 6.07) is 13.9. The van der Waals surface area contributed by atoms with Crippen molar-refractivity contribution in [1.29, 1.82) is 0 Å². The van der Waals surface area contributed by atoms with Gasteiger partial charge >= 0.3 is 5.97 Å². The van der Waals surface area contributed by atoms with Gasteiger partial charge in [-0.05, 0) is 34.4 Å². The fourth-order valence-corrected chi connectivity index (χ4v) is 4.29. The first kappa shape index (κ1) is 16.9. The molecule has 0 fully saturated rings. The molecule has 1 aliphatic carbocycles. The van der Waals surface area contributed by atoms with Gasteiger partial charge in [0, 0.05) is 22.4 Å². The van der Waals surface area contributed by atoms with Crippen molar-refractivity contribution in [3.63, 3.8) is 0 Å². The summed E-state index contributed by atoms with van der Waals surface area (Å²) in [7, 11) is 1.37. The highest BCUT2D eigenvalue weighted by Crippen LogP contribution is 2.48. The summed E-state index contributed by atoms with van der Waals surface area (Å²) < 4.78 is 16.9. The van der Waals surface area contributed by atoms with Gasteiger partial charge in [0.25, 0.3) is 0 Å². The maximum atomic E-state index is 12.3. The largest absolute Gasteiger partial charge is 0.466 e. The lowest BCUT2D eigenvalue weighted by molar-refractivity contribution is -0.136. The van der Waals surface area contributed by atoms with Crippen molar-refractivity contribution in [1.82, 2.24) is 0 Å². The first-order valence-corrected chi connectivity index (χ1v) is 9.03. The van der Waals surface area contributed by atoms with Gasteiger partial charge in [-0.1, -0.05) is 52.8 Å². The highest BCUT2D eigenvalue weighted by molar-refractivity contribution is 9.11. The summed E-state index contributed by atoms with van der Waals surface area (Å²) in [6.07, 6.45) is 0.793. The van der Waals surface area contributed by atoms with E-state index >= 15 is 0 Å². The summed E-state index contributed by atoms with van der Waals surface area (Å²) in [4.78, 5) is 12.3. The average Bonchev–Trinajstić information content (AvgIpc) is 3.25. The molecule has 1 atom stereocenters. The van der Waals surface area contributed by atoms with Crippen LogP contribution in [0.25, 0.3) is 5.57 Å². The predicted octanol–water partition coefficient (Wildman–Crippen LogP) is 4.59. The van der Waals surface area contributed by atoms with Crippen LogP contribution in [0.5, 0.6) is 11.5 Å². The molecule has 5 heteroatoms. The van der Waals surface area contributed by atoms with Crippen molar-refractivity contribution in [2.24, 2.45) is 0 Å². The number of rotatable bonds is 4. The zero-order valence-electron chi connectivity index (χ0n) is 14.3. The van der Waals surface area contributed by atoms with E-state index in [1.807, 2.05) is 30.3 Å². The monoisotopic (exact) mass is 412 g/mol. The second kappa shape index (κ2) is 6.65. The number of allylic oxidation sites excluding steroid dienone is 2. The molecule has 2 aromatic carbocycles. The molecule has 0 spiro atoms. The van der Waals surface area contributed by atoms with Crippen LogP contribution < -0.4 is 9.47 Å². The predicted molar refractivity (Wildman–Crippen MR) is 102 cm³/mol. The fraction of sp³-hybridized carbons (Fsp3) is 0.190. The fourth-order valence-electron chi connectivity index (χ4n) is 3.54. The molecule has 1 aliphatic heterocycles. The Balaban J connectivity index is 1.86. The van der Waals surface area contributed by atoms with Crippen molar-refractivity contribution >= 4 is 27.5 Å². The summed E-state index contributed by atoms with van der Waals surface area (Å²) in [5.41, 5.74) is 4.67. The molecule has 2 aromatic rings. The van der Waals surface area contributed by atoms with E-state index in [1.165, 1.54) is 12.7 Å². The average molecular weight is 413 g/mol. The van der Waals surface area contributed by atoms with Gasteiger partial charge in [-0.2, -0.15) is 0 Å². The van der Waals surface area contributed by atoms with E-state index < -0.39 is 5.97 Å². The van der Waals surface area contributed by atoms with Crippen LogP contribution in [-0.2, 0) is 16.0 Å². The standard InChI is InChI=1S/C21H17BrO4/c1-12(21(23)24-2)19(14-7-8-17-18(10-14)26-11-25-17)20-15-6-4-3-5-13(15)9-16(20)22/h3-8,10,19H,1,9,11H2,2H3/t19-/m0/s1. The molecule has 2 aliphatic rings. The lowest BCUT2D eigenvalue weighted by Gasteiger charge is -2.22. The quantitative estimate of drug-likeness (QED) is 0.544. The topological polar surface area (TPSA) is 44.8 Å². The van der Waals surface area contributed by atoms with E-state index in [0.717, 1.165) is 27.6 Å². The Bertz CT molecular complexity index is 945. The summed E-state index contributed by atoms with van der Waals surface area (Å²) in [6.45, 7) is 4.25. The smallest absolute Gasteiger partial charge is 0.334 e. The van der Waals surface area contributed by atoms with Crippen LogP contribution in [0.3, 0.4) is 0 Å². The van der Waals surface area contributed by atoms with Gasteiger partial charge < -0.3 is 14.2 Å². The molecule has 132 valence electrons. The molecule has 0 N–H and O–H groups in total. The van der Waals surface area contributed by atoms with Crippen LogP contribution in [0.1, 0.15) is 22.6 Å². The van der Waals surface area contributed by atoms with Crippen molar-refractivity contribution < 1.29 is 19.0 Å². The molecule has 26 heavy (non-hydrogen) atoms. The zero-order valence-corrected chi connectivity index (χ0v) is 15.8. The van der Waals surface area contributed by atoms with Crippen LogP contribution in [0, 0.1) is 0 Å². The summed E-state index contributed by atoms with van der Waals surface area (Å²) in [5, 5.41) is 0. The number of carbonyl (C=O) groups is 1. The molecule has 4 nitrogen and oxygen atoms in total. The maximum Gasteiger partial charge on any atom is 0.334 e. The number of ether oxygens (including phenoxy) is 3. The molecule has 0 saturated heterocycles. The first-order valence-electron chi connectivity index (χ1n) is 8.23.